The maximum Gasteiger partial charge on any atom is 0.226 e. The van der Waals surface area contributed by atoms with Crippen LogP contribution in [0.2, 0.25) is 5.02 Å². The fourth-order valence-electron chi connectivity index (χ4n) is 1.69. The molecule has 0 aliphatic rings. The van der Waals surface area contributed by atoms with E-state index in [0.717, 1.165) is 10.2 Å². The Kier molecular flexibility index (Phi) is 5.44. The van der Waals surface area contributed by atoms with E-state index in [1.807, 2.05) is 36.4 Å². The fourth-order valence-corrected chi connectivity index (χ4v) is 2.30. The van der Waals surface area contributed by atoms with Crippen molar-refractivity contribution in [3.05, 3.63) is 58.0 Å². The van der Waals surface area contributed by atoms with Gasteiger partial charge in [-0.15, -0.1) is 0 Å². The van der Waals surface area contributed by atoms with Gasteiger partial charge in [-0.25, -0.2) is 0 Å². The zero-order valence-corrected chi connectivity index (χ0v) is 13.0. The third kappa shape index (κ3) is 4.25. The summed E-state index contributed by atoms with van der Waals surface area (Å²) in [6.07, 6.45) is 0.368. The molecule has 0 fully saturated rings. The number of para-hydroxylation sites is 2. The monoisotopic (exact) mass is 352 g/mol. The van der Waals surface area contributed by atoms with Gasteiger partial charge in [-0.3, -0.25) is 4.79 Å². The smallest absolute Gasteiger partial charge is 0.226 e. The zero-order chi connectivity index (χ0) is 14.4. The van der Waals surface area contributed by atoms with E-state index in [2.05, 4.69) is 26.6 Å². The Morgan fingerprint density at radius 3 is 2.40 bits per heavy atom. The van der Waals surface area contributed by atoms with Crippen LogP contribution in [0.4, 0.5) is 11.4 Å². The third-order valence-corrected chi connectivity index (χ3v) is 3.71. The highest BCUT2D eigenvalue weighted by molar-refractivity contribution is 9.10. The van der Waals surface area contributed by atoms with Gasteiger partial charge >= 0.3 is 0 Å². The third-order valence-electron chi connectivity index (χ3n) is 2.69. The summed E-state index contributed by atoms with van der Waals surface area (Å²) in [6.45, 7) is 0.554. The number of nitrogens with one attached hydrogen (secondary N) is 2. The van der Waals surface area contributed by atoms with Crippen molar-refractivity contribution in [2.24, 2.45) is 0 Å². The molecule has 20 heavy (non-hydrogen) atoms. The van der Waals surface area contributed by atoms with E-state index < -0.39 is 0 Å². The van der Waals surface area contributed by atoms with Crippen LogP contribution in [0.15, 0.2) is 53.0 Å². The summed E-state index contributed by atoms with van der Waals surface area (Å²) in [5.41, 5.74) is 1.61. The summed E-state index contributed by atoms with van der Waals surface area (Å²) in [5, 5.41) is 6.53. The van der Waals surface area contributed by atoms with Crippen LogP contribution in [0.1, 0.15) is 6.42 Å². The molecule has 0 unspecified atom stereocenters. The largest absolute Gasteiger partial charge is 0.384 e. The molecule has 2 aromatic rings. The van der Waals surface area contributed by atoms with Crippen LogP contribution in [-0.2, 0) is 4.79 Å². The summed E-state index contributed by atoms with van der Waals surface area (Å²) in [5.74, 6) is -0.0716. The quantitative estimate of drug-likeness (QED) is 0.828. The Labute approximate surface area is 131 Å². The Bertz CT molecular complexity index is 604. The van der Waals surface area contributed by atoms with Gasteiger partial charge in [0.15, 0.2) is 0 Å². The molecular formula is C15H14BrClN2O. The van der Waals surface area contributed by atoms with E-state index >= 15 is 0 Å². The van der Waals surface area contributed by atoms with E-state index in [1.165, 1.54) is 0 Å². The Balaban J connectivity index is 1.82. The first-order valence-electron chi connectivity index (χ1n) is 6.19. The van der Waals surface area contributed by atoms with E-state index in [0.29, 0.717) is 23.7 Å². The van der Waals surface area contributed by atoms with Crippen LogP contribution in [0, 0.1) is 0 Å². The first-order chi connectivity index (χ1) is 9.66. The molecule has 5 heteroatoms. The average Bonchev–Trinajstić information content (AvgIpc) is 2.43. The molecule has 0 aromatic heterocycles. The molecule has 0 atom stereocenters. The van der Waals surface area contributed by atoms with Gasteiger partial charge in [0.05, 0.1) is 10.7 Å². The summed E-state index contributed by atoms with van der Waals surface area (Å²) in [6, 6.07) is 15.0. The van der Waals surface area contributed by atoms with Gasteiger partial charge in [0.2, 0.25) is 5.91 Å². The molecule has 2 N–H and O–H groups in total. The molecule has 0 heterocycles. The standard InChI is InChI=1S/C15H14BrClN2O/c16-11-5-1-3-7-13(11)18-10-9-15(20)19-14-8-4-2-6-12(14)17/h1-8,18H,9-10H2,(H,19,20). The van der Waals surface area contributed by atoms with Gasteiger partial charge in [0.25, 0.3) is 0 Å². The van der Waals surface area contributed by atoms with Gasteiger partial charge in [-0.2, -0.15) is 0 Å². The first kappa shape index (κ1) is 14.9. The van der Waals surface area contributed by atoms with Crippen molar-refractivity contribution in [3.8, 4) is 0 Å². The van der Waals surface area contributed by atoms with E-state index in [9.17, 15) is 4.79 Å². The minimum absolute atomic E-state index is 0.0716. The van der Waals surface area contributed by atoms with Crippen LogP contribution in [0.5, 0.6) is 0 Å². The molecule has 0 saturated heterocycles. The van der Waals surface area contributed by atoms with Crippen LogP contribution >= 0.6 is 27.5 Å². The number of carbonyl (C=O) groups is 1. The highest BCUT2D eigenvalue weighted by Gasteiger charge is 2.05. The first-order valence-corrected chi connectivity index (χ1v) is 7.36. The lowest BCUT2D eigenvalue weighted by Gasteiger charge is -2.09. The van der Waals surface area contributed by atoms with Crippen LogP contribution < -0.4 is 10.6 Å². The molecule has 1 amide bonds. The maximum absolute atomic E-state index is 11.8. The number of amides is 1. The van der Waals surface area contributed by atoms with Crippen molar-refractivity contribution in [1.29, 1.82) is 0 Å². The minimum atomic E-state index is -0.0716. The molecule has 0 aliphatic heterocycles. The van der Waals surface area contributed by atoms with E-state index in [4.69, 9.17) is 11.6 Å². The lowest BCUT2D eigenvalue weighted by molar-refractivity contribution is -0.115. The molecule has 2 rings (SSSR count). The number of hydrogen-bond donors (Lipinski definition) is 2. The van der Waals surface area contributed by atoms with Gasteiger partial charge < -0.3 is 10.6 Å². The summed E-state index contributed by atoms with van der Waals surface area (Å²) >= 11 is 9.43. The molecule has 104 valence electrons. The second-order valence-corrected chi connectivity index (χ2v) is 5.45. The number of rotatable bonds is 5. The predicted molar refractivity (Wildman–Crippen MR) is 87.3 cm³/mol. The highest BCUT2D eigenvalue weighted by Crippen LogP contribution is 2.22. The number of halogens is 2. The second kappa shape index (κ2) is 7.31. The van der Waals surface area contributed by atoms with Gasteiger partial charge in [-0.05, 0) is 40.2 Å². The number of anilines is 2. The molecule has 0 aliphatic carbocycles. The van der Waals surface area contributed by atoms with Crippen molar-refractivity contribution >= 4 is 44.8 Å². The molecular weight excluding hydrogens is 340 g/mol. The van der Waals surface area contributed by atoms with Crippen molar-refractivity contribution in [2.75, 3.05) is 17.2 Å². The number of hydrogen-bond acceptors (Lipinski definition) is 2. The predicted octanol–water partition coefficient (Wildman–Crippen LogP) is 4.54. The SMILES string of the molecule is O=C(CCNc1ccccc1Br)Nc1ccccc1Cl. The lowest BCUT2D eigenvalue weighted by atomic mass is 10.3. The van der Waals surface area contributed by atoms with Gasteiger partial charge in [-0.1, -0.05) is 35.9 Å². The number of carbonyl (C=O) groups excluding carboxylic acids is 1. The summed E-state index contributed by atoms with van der Waals surface area (Å²) in [4.78, 5) is 11.8. The lowest BCUT2D eigenvalue weighted by Crippen LogP contribution is -2.16. The van der Waals surface area contributed by atoms with Crippen molar-refractivity contribution in [2.45, 2.75) is 6.42 Å². The van der Waals surface area contributed by atoms with Crippen LogP contribution in [0.3, 0.4) is 0 Å². The second-order valence-electron chi connectivity index (χ2n) is 4.18. The van der Waals surface area contributed by atoms with E-state index in [1.54, 1.807) is 12.1 Å². The van der Waals surface area contributed by atoms with Crippen LogP contribution in [-0.4, -0.2) is 12.5 Å². The molecule has 0 saturated carbocycles. The van der Waals surface area contributed by atoms with Crippen LogP contribution in [0.25, 0.3) is 0 Å². The Hall–Kier alpha value is -1.52. The molecule has 2 aromatic carbocycles. The molecule has 0 radical (unpaired) electrons. The topological polar surface area (TPSA) is 41.1 Å². The fraction of sp³-hybridized carbons (Fsp3) is 0.133. The Morgan fingerprint density at radius 2 is 1.70 bits per heavy atom. The average molecular weight is 354 g/mol. The normalized spacial score (nSPS) is 10.1. The van der Waals surface area contributed by atoms with Crippen molar-refractivity contribution < 1.29 is 4.79 Å². The van der Waals surface area contributed by atoms with E-state index in [-0.39, 0.29) is 5.91 Å². The molecule has 0 spiro atoms. The van der Waals surface area contributed by atoms with Crippen molar-refractivity contribution in [3.63, 3.8) is 0 Å². The van der Waals surface area contributed by atoms with Gasteiger partial charge in [0, 0.05) is 23.1 Å². The highest BCUT2D eigenvalue weighted by atomic mass is 79.9. The maximum atomic E-state index is 11.8. The minimum Gasteiger partial charge on any atom is -0.384 e. The molecule has 0 bridgehead atoms. The molecule has 3 nitrogen and oxygen atoms in total. The Morgan fingerprint density at radius 1 is 1.05 bits per heavy atom. The summed E-state index contributed by atoms with van der Waals surface area (Å²) < 4.78 is 0.978. The summed E-state index contributed by atoms with van der Waals surface area (Å²) in [7, 11) is 0. The van der Waals surface area contributed by atoms with Gasteiger partial charge in [0.1, 0.15) is 0 Å². The number of benzene rings is 2. The van der Waals surface area contributed by atoms with Crippen molar-refractivity contribution in [1.82, 2.24) is 0 Å². The zero-order valence-electron chi connectivity index (χ0n) is 10.7.